The number of thioether (sulfide) groups is 2. The molecule has 1 aromatic heterocycles. The van der Waals surface area contributed by atoms with Crippen LogP contribution in [-0.4, -0.2) is 36.7 Å². The topological polar surface area (TPSA) is 38.0 Å². The fraction of sp³-hybridized carbons (Fsp3) is 0.727. The zero-order valence-electron chi connectivity index (χ0n) is 9.67. The number of rotatable bonds is 3. The highest BCUT2D eigenvalue weighted by atomic mass is 32.2. The van der Waals surface area contributed by atoms with Gasteiger partial charge in [0.25, 0.3) is 0 Å². The van der Waals surface area contributed by atoms with E-state index in [0.29, 0.717) is 5.25 Å². The highest BCUT2D eigenvalue weighted by Gasteiger charge is 2.32. The predicted octanol–water partition coefficient (Wildman–Crippen LogP) is 2.17. The van der Waals surface area contributed by atoms with Crippen molar-refractivity contribution in [3.63, 3.8) is 0 Å². The molecule has 2 heterocycles. The molecule has 2 rings (SSSR count). The Bertz CT molecular complexity index is 342. The van der Waals surface area contributed by atoms with Crippen molar-refractivity contribution in [2.24, 2.45) is 0 Å². The third-order valence-electron chi connectivity index (χ3n) is 2.90. The maximum Gasteiger partial charge on any atom is 0.138 e. The molecular weight excluding hydrogens is 240 g/mol. The Morgan fingerprint density at radius 1 is 1.56 bits per heavy atom. The van der Waals surface area contributed by atoms with Gasteiger partial charge >= 0.3 is 0 Å². The zero-order valence-corrected chi connectivity index (χ0v) is 11.3. The molecule has 0 aliphatic carbocycles. The van der Waals surface area contributed by atoms with E-state index in [1.165, 1.54) is 5.75 Å². The molecule has 1 fully saturated rings. The van der Waals surface area contributed by atoms with Gasteiger partial charge in [0.15, 0.2) is 0 Å². The van der Waals surface area contributed by atoms with Crippen molar-refractivity contribution < 1.29 is 5.11 Å². The summed E-state index contributed by atoms with van der Waals surface area (Å²) in [4.78, 5) is 4.29. The number of hydrogen-bond donors (Lipinski definition) is 1. The van der Waals surface area contributed by atoms with Gasteiger partial charge in [-0.15, -0.1) is 0 Å². The van der Waals surface area contributed by atoms with Gasteiger partial charge < -0.3 is 9.67 Å². The molecule has 0 saturated carbocycles. The van der Waals surface area contributed by atoms with Crippen LogP contribution in [0, 0.1) is 0 Å². The van der Waals surface area contributed by atoms with Gasteiger partial charge in [-0.1, -0.05) is 6.92 Å². The molecule has 1 N–H and O–H groups in total. The van der Waals surface area contributed by atoms with Crippen molar-refractivity contribution in [3.05, 3.63) is 18.2 Å². The van der Waals surface area contributed by atoms with Gasteiger partial charge in [0, 0.05) is 40.9 Å². The summed E-state index contributed by atoms with van der Waals surface area (Å²) < 4.78 is 2.03. The van der Waals surface area contributed by atoms with Crippen molar-refractivity contribution in [2.75, 3.05) is 11.5 Å². The lowest BCUT2D eigenvalue weighted by Crippen LogP contribution is -2.31. The van der Waals surface area contributed by atoms with E-state index in [-0.39, 0.29) is 5.25 Å². The molecule has 0 aromatic carbocycles. The Kier molecular flexibility index (Phi) is 4.21. The van der Waals surface area contributed by atoms with Crippen LogP contribution in [0.4, 0.5) is 0 Å². The molecule has 0 amide bonds. The van der Waals surface area contributed by atoms with Crippen molar-refractivity contribution in [2.45, 2.75) is 37.0 Å². The maximum atomic E-state index is 10.4. The highest BCUT2D eigenvalue weighted by molar-refractivity contribution is 8.07. The first-order valence-corrected chi connectivity index (χ1v) is 7.76. The van der Waals surface area contributed by atoms with Gasteiger partial charge in [-0.05, 0) is 6.92 Å². The second-order valence-corrected chi connectivity index (χ2v) is 6.70. The average molecular weight is 258 g/mol. The van der Waals surface area contributed by atoms with Gasteiger partial charge in [0.05, 0.1) is 0 Å². The van der Waals surface area contributed by atoms with Crippen molar-refractivity contribution in [1.29, 1.82) is 0 Å². The lowest BCUT2D eigenvalue weighted by atomic mass is 10.2. The van der Waals surface area contributed by atoms with Crippen LogP contribution in [0.3, 0.4) is 0 Å². The van der Waals surface area contributed by atoms with Crippen molar-refractivity contribution in [3.8, 4) is 0 Å². The number of imidazole rings is 1. The van der Waals surface area contributed by atoms with Crippen LogP contribution in [0.2, 0.25) is 0 Å². The molecule has 1 saturated heterocycles. The maximum absolute atomic E-state index is 10.4. The fourth-order valence-corrected chi connectivity index (χ4v) is 4.80. The minimum absolute atomic E-state index is 0.270. The van der Waals surface area contributed by atoms with Crippen LogP contribution in [0.5, 0.6) is 0 Å². The predicted molar refractivity (Wildman–Crippen MR) is 71.0 cm³/mol. The van der Waals surface area contributed by atoms with E-state index < -0.39 is 6.10 Å². The molecule has 1 aromatic rings. The second-order valence-electron chi connectivity index (χ2n) is 3.93. The van der Waals surface area contributed by atoms with Gasteiger partial charge in [0.1, 0.15) is 11.9 Å². The van der Waals surface area contributed by atoms with E-state index in [9.17, 15) is 5.11 Å². The fourth-order valence-electron chi connectivity index (χ4n) is 2.00. The number of aliphatic hydroxyl groups excluding tert-OH is 1. The minimum atomic E-state index is -0.442. The standard InChI is InChI=1S/C11H18N2OS2/c1-3-13-5-4-12-11(13)9(14)10-8(2)15-6-7-16-10/h4-5,8-10,14H,3,6-7H2,1-2H3. The summed E-state index contributed by atoms with van der Waals surface area (Å²) in [5.74, 6) is 3.13. The first-order valence-electron chi connectivity index (χ1n) is 5.66. The van der Waals surface area contributed by atoms with E-state index in [0.717, 1.165) is 18.1 Å². The van der Waals surface area contributed by atoms with Crippen LogP contribution in [0.25, 0.3) is 0 Å². The number of aryl methyl sites for hydroxylation is 1. The smallest absolute Gasteiger partial charge is 0.138 e. The van der Waals surface area contributed by atoms with E-state index in [4.69, 9.17) is 0 Å². The molecule has 0 spiro atoms. The number of nitrogens with zero attached hydrogens (tertiary/aromatic N) is 2. The van der Waals surface area contributed by atoms with Crippen LogP contribution < -0.4 is 0 Å². The Balaban J connectivity index is 2.14. The highest BCUT2D eigenvalue weighted by Crippen LogP contribution is 2.38. The van der Waals surface area contributed by atoms with Crippen LogP contribution in [-0.2, 0) is 6.54 Å². The molecule has 0 bridgehead atoms. The molecule has 3 unspecified atom stereocenters. The molecule has 3 nitrogen and oxygen atoms in total. The van der Waals surface area contributed by atoms with E-state index in [1.807, 2.05) is 34.3 Å². The summed E-state index contributed by atoms with van der Waals surface area (Å²) >= 11 is 3.82. The van der Waals surface area contributed by atoms with E-state index in [2.05, 4.69) is 18.8 Å². The number of hydrogen-bond acceptors (Lipinski definition) is 4. The Morgan fingerprint density at radius 3 is 3.00 bits per heavy atom. The van der Waals surface area contributed by atoms with Gasteiger partial charge in [-0.2, -0.15) is 23.5 Å². The SMILES string of the molecule is CCn1ccnc1C(O)C1SCCSC1C. The van der Waals surface area contributed by atoms with Gasteiger partial charge in [-0.3, -0.25) is 0 Å². The van der Waals surface area contributed by atoms with Crippen LogP contribution >= 0.6 is 23.5 Å². The molecule has 3 atom stereocenters. The number of aromatic nitrogens is 2. The third-order valence-corrected chi connectivity index (χ3v) is 6.08. The third kappa shape index (κ3) is 2.41. The molecule has 1 aliphatic rings. The first kappa shape index (κ1) is 12.3. The minimum Gasteiger partial charge on any atom is -0.384 e. The Labute approximate surface area is 105 Å². The van der Waals surface area contributed by atoms with Crippen LogP contribution in [0.1, 0.15) is 25.8 Å². The first-order chi connectivity index (χ1) is 7.74. The average Bonchev–Trinajstić information content (AvgIpc) is 2.77. The quantitative estimate of drug-likeness (QED) is 0.902. The summed E-state index contributed by atoms with van der Waals surface area (Å²) in [6.07, 6.45) is 3.26. The monoisotopic (exact) mass is 258 g/mol. The summed E-state index contributed by atoms with van der Waals surface area (Å²) in [5, 5.41) is 11.2. The van der Waals surface area contributed by atoms with Crippen molar-refractivity contribution in [1.82, 2.24) is 9.55 Å². The molecular formula is C11H18N2OS2. The molecule has 5 heteroatoms. The Hall–Kier alpha value is -0.130. The van der Waals surface area contributed by atoms with Crippen LogP contribution in [0.15, 0.2) is 12.4 Å². The van der Waals surface area contributed by atoms with E-state index in [1.54, 1.807) is 6.20 Å². The Morgan fingerprint density at radius 2 is 2.31 bits per heavy atom. The molecule has 16 heavy (non-hydrogen) atoms. The van der Waals surface area contributed by atoms with Crippen molar-refractivity contribution >= 4 is 23.5 Å². The molecule has 1 aliphatic heterocycles. The lowest BCUT2D eigenvalue weighted by molar-refractivity contribution is 0.160. The summed E-state index contributed by atoms with van der Waals surface area (Å²) in [6.45, 7) is 5.14. The molecule has 90 valence electrons. The summed E-state index contributed by atoms with van der Waals surface area (Å²) in [7, 11) is 0. The van der Waals surface area contributed by atoms with Gasteiger partial charge in [-0.25, -0.2) is 4.98 Å². The lowest BCUT2D eigenvalue weighted by Gasteiger charge is -2.31. The second kappa shape index (κ2) is 5.47. The molecule has 0 radical (unpaired) electrons. The zero-order chi connectivity index (χ0) is 11.5. The van der Waals surface area contributed by atoms with Gasteiger partial charge in [0.2, 0.25) is 0 Å². The summed E-state index contributed by atoms with van der Waals surface area (Å²) in [6, 6.07) is 0. The largest absolute Gasteiger partial charge is 0.384 e. The number of aliphatic hydroxyl groups is 1. The van der Waals surface area contributed by atoms with E-state index >= 15 is 0 Å². The normalized spacial score (nSPS) is 27.9. The summed E-state index contributed by atoms with van der Waals surface area (Å²) in [5.41, 5.74) is 0.